The molecule has 0 spiro atoms. The van der Waals surface area contributed by atoms with E-state index >= 15 is 0 Å². The Bertz CT molecular complexity index is 368. The lowest BCUT2D eigenvalue weighted by atomic mass is 10.1. The van der Waals surface area contributed by atoms with Crippen molar-refractivity contribution in [3.05, 3.63) is 23.9 Å². The molecule has 0 aliphatic rings. The van der Waals surface area contributed by atoms with E-state index in [0.29, 0.717) is 0 Å². The third-order valence-corrected chi connectivity index (χ3v) is 2.00. The van der Waals surface area contributed by atoms with Crippen molar-refractivity contribution in [1.82, 2.24) is 4.98 Å². The van der Waals surface area contributed by atoms with E-state index in [-0.39, 0.29) is 11.6 Å². The van der Waals surface area contributed by atoms with E-state index in [0.717, 1.165) is 7.11 Å². The molecule has 1 heterocycles. The van der Waals surface area contributed by atoms with Gasteiger partial charge in [0.1, 0.15) is 6.10 Å². The summed E-state index contributed by atoms with van der Waals surface area (Å²) < 4.78 is 9.15. The lowest BCUT2D eigenvalue weighted by Crippen LogP contribution is -2.29. The number of esters is 1. The Kier molecular flexibility index (Phi) is 4.21. The quantitative estimate of drug-likeness (QED) is 0.684. The van der Waals surface area contributed by atoms with Crippen molar-refractivity contribution in [1.29, 1.82) is 0 Å². The molecule has 0 fully saturated rings. The summed E-state index contributed by atoms with van der Waals surface area (Å²) in [7, 11) is 2.55. The van der Waals surface area contributed by atoms with E-state index in [2.05, 4.69) is 9.72 Å². The molecule has 6 nitrogen and oxygen atoms in total. The zero-order valence-corrected chi connectivity index (χ0v) is 8.95. The summed E-state index contributed by atoms with van der Waals surface area (Å²) in [5.41, 5.74) is 0.136. The number of methoxy groups -OCH3 is 2. The Morgan fingerprint density at radius 3 is 2.62 bits per heavy atom. The van der Waals surface area contributed by atoms with Crippen molar-refractivity contribution in [2.45, 2.75) is 12.2 Å². The van der Waals surface area contributed by atoms with Gasteiger partial charge in [0.15, 0.2) is 6.10 Å². The van der Waals surface area contributed by atoms with Crippen LogP contribution in [0.5, 0.6) is 5.88 Å². The van der Waals surface area contributed by atoms with Gasteiger partial charge in [-0.05, 0) is 6.07 Å². The van der Waals surface area contributed by atoms with Gasteiger partial charge >= 0.3 is 5.97 Å². The molecule has 1 rings (SSSR count). The van der Waals surface area contributed by atoms with Gasteiger partial charge in [0.25, 0.3) is 0 Å². The van der Waals surface area contributed by atoms with Gasteiger partial charge in [-0.1, -0.05) is 6.07 Å². The highest BCUT2D eigenvalue weighted by Gasteiger charge is 2.27. The summed E-state index contributed by atoms with van der Waals surface area (Å²) in [4.78, 5) is 14.9. The standard InChI is InChI=1S/C10H13NO5/c1-15-7-5-3-4-6(11-7)8(12)9(13)10(14)16-2/h3-5,8-9,12-13H,1-2H3. The van der Waals surface area contributed by atoms with Crippen LogP contribution in [0.2, 0.25) is 0 Å². The topological polar surface area (TPSA) is 88.9 Å². The Hall–Kier alpha value is -1.66. The van der Waals surface area contributed by atoms with E-state index in [1.165, 1.54) is 13.2 Å². The van der Waals surface area contributed by atoms with E-state index in [4.69, 9.17) is 4.74 Å². The van der Waals surface area contributed by atoms with E-state index < -0.39 is 18.2 Å². The highest BCUT2D eigenvalue weighted by Crippen LogP contribution is 2.18. The van der Waals surface area contributed by atoms with E-state index in [1.54, 1.807) is 12.1 Å². The number of ether oxygens (including phenoxy) is 2. The smallest absolute Gasteiger partial charge is 0.337 e. The summed E-state index contributed by atoms with van der Waals surface area (Å²) in [6.07, 6.45) is -3.10. The van der Waals surface area contributed by atoms with Gasteiger partial charge in [-0.25, -0.2) is 9.78 Å². The highest BCUT2D eigenvalue weighted by atomic mass is 16.5. The third kappa shape index (κ3) is 2.68. The largest absolute Gasteiger partial charge is 0.481 e. The molecule has 1 aromatic rings. The van der Waals surface area contributed by atoms with E-state index in [1.807, 2.05) is 0 Å². The van der Waals surface area contributed by atoms with Crippen LogP contribution in [0.3, 0.4) is 0 Å². The number of hydrogen-bond acceptors (Lipinski definition) is 6. The van der Waals surface area contributed by atoms with Crippen molar-refractivity contribution in [3.63, 3.8) is 0 Å². The molecule has 2 atom stereocenters. The van der Waals surface area contributed by atoms with E-state index in [9.17, 15) is 15.0 Å². The predicted molar refractivity (Wildman–Crippen MR) is 53.8 cm³/mol. The summed E-state index contributed by atoms with van der Waals surface area (Å²) >= 11 is 0. The van der Waals surface area contributed by atoms with Crippen LogP contribution in [0.1, 0.15) is 11.8 Å². The fraction of sp³-hybridized carbons (Fsp3) is 0.400. The normalized spacial score (nSPS) is 14.0. The molecule has 0 amide bonds. The van der Waals surface area contributed by atoms with Crippen LogP contribution in [0, 0.1) is 0 Å². The maximum Gasteiger partial charge on any atom is 0.337 e. The van der Waals surface area contributed by atoms with Gasteiger partial charge in [0.2, 0.25) is 5.88 Å². The van der Waals surface area contributed by atoms with Gasteiger partial charge in [0, 0.05) is 6.07 Å². The first-order valence-corrected chi connectivity index (χ1v) is 4.55. The molecule has 2 unspecified atom stereocenters. The van der Waals surface area contributed by atoms with Crippen molar-refractivity contribution >= 4 is 5.97 Å². The van der Waals surface area contributed by atoms with Crippen LogP contribution >= 0.6 is 0 Å². The third-order valence-electron chi connectivity index (χ3n) is 2.00. The molecule has 0 saturated heterocycles. The predicted octanol–water partition coefficient (Wildman–Crippen LogP) is -0.343. The maximum atomic E-state index is 11.0. The minimum atomic E-state index is -1.66. The number of rotatable bonds is 4. The first-order valence-electron chi connectivity index (χ1n) is 4.55. The monoisotopic (exact) mass is 227 g/mol. The van der Waals surface area contributed by atoms with Gasteiger partial charge in [-0.15, -0.1) is 0 Å². The molecule has 0 bridgehead atoms. The molecular weight excluding hydrogens is 214 g/mol. The summed E-state index contributed by atoms with van der Waals surface area (Å²) in [6, 6.07) is 4.65. The molecule has 0 aromatic carbocycles. The van der Waals surface area contributed by atoms with Crippen LogP contribution in [0.25, 0.3) is 0 Å². The zero-order valence-electron chi connectivity index (χ0n) is 8.95. The molecule has 1 aromatic heterocycles. The number of hydrogen-bond donors (Lipinski definition) is 2. The highest BCUT2D eigenvalue weighted by molar-refractivity contribution is 5.75. The van der Waals surface area contributed by atoms with Crippen LogP contribution in [0.15, 0.2) is 18.2 Å². The second-order valence-corrected chi connectivity index (χ2v) is 3.02. The van der Waals surface area contributed by atoms with Gasteiger partial charge in [-0.2, -0.15) is 0 Å². The molecule has 6 heteroatoms. The number of aliphatic hydroxyl groups is 2. The fourth-order valence-electron chi connectivity index (χ4n) is 1.12. The summed E-state index contributed by atoms with van der Waals surface area (Å²) in [5, 5.41) is 19.0. The molecule has 0 aliphatic carbocycles. The molecule has 0 saturated carbocycles. The van der Waals surface area contributed by atoms with Crippen molar-refractivity contribution in [2.75, 3.05) is 14.2 Å². The lowest BCUT2D eigenvalue weighted by Gasteiger charge is -2.15. The van der Waals surface area contributed by atoms with Gasteiger partial charge in [0.05, 0.1) is 19.9 Å². The van der Waals surface area contributed by atoms with Gasteiger partial charge < -0.3 is 19.7 Å². The van der Waals surface area contributed by atoms with Crippen molar-refractivity contribution < 1.29 is 24.5 Å². The number of aromatic nitrogens is 1. The van der Waals surface area contributed by atoms with Crippen molar-refractivity contribution in [2.24, 2.45) is 0 Å². The number of carbonyl (C=O) groups excluding carboxylic acids is 1. The Labute approximate surface area is 92.5 Å². The molecule has 0 aliphatic heterocycles. The Morgan fingerprint density at radius 2 is 2.06 bits per heavy atom. The SMILES string of the molecule is COC(=O)C(O)C(O)c1cccc(OC)n1. The average Bonchev–Trinajstić information content (AvgIpc) is 2.36. The Morgan fingerprint density at radius 1 is 1.38 bits per heavy atom. The van der Waals surface area contributed by atoms with Crippen LogP contribution in [-0.4, -0.2) is 41.5 Å². The second-order valence-electron chi connectivity index (χ2n) is 3.02. The zero-order chi connectivity index (χ0) is 12.1. The van der Waals surface area contributed by atoms with Crippen LogP contribution < -0.4 is 4.74 Å². The average molecular weight is 227 g/mol. The number of pyridine rings is 1. The van der Waals surface area contributed by atoms with Crippen molar-refractivity contribution in [3.8, 4) is 5.88 Å². The number of nitrogens with zero attached hydrogens (tertiary/aromatic N) is 1. The molecule has 0 radical (unpaired) electrons. The van der Waals surface area contributed by atoms with Crippen LogP contribution in [0.4, 0.5) is 0 Å². The van der Waals surface area contributed by atoms with Gasteiger partial charge in [-0.3, -0.25) is 0 Å². The number of aliphatic hydroxyl groups excluding tert-OH is 2. The Balaban J connectivity index is 2.86. The molecule has 88 valence electrons. The molecule has 2 N–H and O–H groups in total. The minimum Gasteiger partial charge on any atom is -0.481 e. The first kappa shape index (κ1) is 12.4. The minimum absolute atomic E-state index is 0.136. The molecular formula is C10H13NO5. The van der Waals surface area contributed by atoms with Crippen LogP contribution in [-0.2, 0) is 9.53 Å². The summed E-state index contributed by atoms with van der Waals surface area (Å²) in [6.45, 7) is 0. The second kappa shape index (κ2) is 5.43. The number of carbonyl (C=O) groups is 1. The fourth-order valence-corrected chi connectivity index (χ4v) is 1.12. The summed E-state index contributed by atoms with van der Waals surface area (Å²) in [5.74, 6) is -0.634. The lowest BCUT2D eigenvalue weighted by molar-refractivity contribution is -0.157. The molecule has 16 heavy (non-hydrogen) atoms. The maximum absolute atomic E-state index is 11.0. The first-order chi connectivity index (χ1) is 7.60.